The molecule has 86 valence electrons. The average molecular weight is 286 g/mol. The van der Waals surface area contributed by atoms with Gasteiger partial charge in [0.25, 0.3) is 0 Å². The summed E-state index contributed by atoms with van der Waals surface area (Å²) < 4.78 is 0.744. The first-order valence-corrected chi connectivity index (χ1v) is 5.42. The van der Waals surface area contributed by atoms with E-state index in [1.165, 1.54) is 0 Å². The maximum atomic E-state index is 8.53. The molecule has 7 heteroatoms. The highest BCUT2D eigenvalue weighted by Crippen LogP contribution is 2.07. The van der Waals surface area contributed by atoms with Crippen molar-refractivity contribution in [1.82, 2.24) is 4.98 Å². The molecule has 0 spiro atoms. The van der Waals surface area contributed by atoms with Crippen LogP contribution in [0.2, 0.25) is 0 Å². The molecule has 0 radical (unpaired) electrons. The Balaban J connectivity index is 2.64. The summed E-state index contributed by atoms with van der Waals surface area (Å²) in [5.74, 6) is 5.55. The molecule has 6 nitrogen and oxygen atoms in total. The topological polar surface area (TPSA) is 96.2 Å². The smallest absolute Gasteiger partial charge is 0.175 e. The van der Waals surface area contributed by atoms with Gasteiger partial charge in [-0.25, -0.2) is 4.98 Å². The van der Waals surface area contributed by atoms with Crippen LogP contribution in [0.25, 0.3) is 0 Å². The van der Waals surface area contributed by atoms with Gasteiger partial charge in [-0.1, -0.05) is 6.07 Å². The standard InChI is InChI=1S/C9H12BrN5O/c10-8-3-1-2-7(13-8)6-9(14-11)15-12-4-5-16/h1-3,16H,4-6,11H2/b14-9-,15-12?. The number of aliphatic hydroxyl groups excluding tert-OH is 1. The fourth-order valence-corrected chi connectivity index (χ4v) is 1.37. The van der Waals surface area contributed by atoms with Crippen LogP contribution in [0.3, 0.4) is 0 Å². The van der Waals surface area contributed by atoms with Gasteiger partial charge in [-0.3, -0.25) is 0 Å². The highest BCUT2D eigenvalue weighted by Gasteiger charge is 2.01. The van der Waals surface area contributed by atoms with Gasteiger partial charge < -0.3 is 10.9 Å². The van der Waals surface area contributed by atoms with E-state index in [-0.39, 0.29) is 13.2 Å². The van der Waals surface area contributed by atoms with Crippen LogP contribution in [0, 0.1) is 0 Å². The van der Waals surface area contributed by atoms with Gasteiger partial charge in [0.15, 0.2) is 5.84 Å². The number of hydrogen-bond donors (Lipinski definition) is 2. The largest absolute Gasteiger partial charge is 0.394 e. The van der Waals surface area contributed by atoms with Crippen molar-refractivity contribution in [1.29, 1.82) is 0 Å². The monoisotopic (exact) mass is 285 g/mol. The minimum absolute atomic E-state index is 0.0452. The Morgan fingerprint density at radius 3 is 2.94 bits per heavy atom. The molecule has 0 aliphatic rings. The molecular formula is C9H12BrN5O. The minimum Gasteiger partial charge on any atom is -0.394 e. The van der Waals surface area contributed by atoms with Crippen molar-refractivity contribution < 1.29 is 5.11 Å². The highest BCUT2D eigenvalue weighted by atomic mass is 79.9. The van der Waals surface area contributed by atoms with Crippen LogP contribution >= 0.6 is 15.9 Å². The van der Waals surface area contributed by atoms with E-state index >= 15 is 0 Å². The minimum atomic E-state index is -0.0452. The Bertz CT molecular complexity index is 393. The number of aromatic nitrogens is 1. The van der Waals surface area contributed by atoms with Gasteiger partial charge in [-0.15, -0.1) is 5.11 Å². The van der Waals surface area contributed by atoms with Gasteiger partial charge in [0.05, 0.1) is 19.6 Å². The predicted molar refractivity (Wildman–Crippen MR) is 64.1 cm³/mol. The second-order valence-corrected chi connectivity index (χ2v) is 3.67. The van der Waals surface area contributed by atoms with Crippen LogP contribution in [0.15, 0.2) is 38.1 Å². The lowest BCUT2D eigenvalue weighted by Crippen LogP contribution is -2.05. The van der Waals surface area contributed by atoms with Gasteiger partial charge in [0.1, 0.15) is 4.60 Å². The van der Waals surface area contributed by atoms with Crippen molar-refractivity contribution in [3.63, 3.8) is 0 Å². The Morgan fingerprint density at radius 1 is 1.50 bits per heavy atom. The van der Waals surface area contributed by atoms with Crippen molar-refractivity contribution in [2.24, 2.45) is 21.2 Å². The molecule has 1 rings (SSSR count). The summed E-state index contributed by atoms with van der Waals surface area (Å²) in [5.41, 5.74) is 0.793. The van der Waals surface area contributed by atoms with Crippen molar-refractivity contribution in [2.45, 2.75) is 6.42 Å². The Labute approximate surface area is 101 Å². The zero-order valence-corrected chi connectivity index (χ0v) is 10.1. The first-order valence-electron chi connectivity index (χ1n) is 4.63. The third kappa shape index (κ3) is 4.45. The molecule has 0 aliphatic heterocycles. The quantitative estimate of drug-likeness (QED) is 0.217. The summed E-state index contributed by atoms with van der Waals surface area (Å²) in [5, 5.41) is 19.5. The summed E-state index contributed by atoms with van der Waals surface area (Å²) in [7, 11) is 0. The first kappa shape index (κ1) is 12.7. The normalized spacial score (nSPS) is 12.2. The van der Waals surface area contributed by atoms with E-state index in [4.69, 9.17) is 10.9 Å². The Kier molecular flexibility index (Phi) is 5.58. The van der Waals surface area contributed by atoms with Crippen LogP contribution in [0.5, 0.6) is 0 Å². The molecular weight excluding hydrogens is 274 g/mol. The fraction of sp³-hybridized carbons (Fsp3) is 0.333. The van der Waals surface area contributed by atoms with Crippen molar-refractivity contribution in [3.05, 3.63) is 28.5 Å². The first-order chi connectivity index (χ1) is 7.76. The molecule has 1 aromatic rings. The van der Waals surface area contributed by atoms with Crippen LogP contribution in [-0.4, -0.2) is 29.1 Å². The van der Waals surface area contributed by atoms with Crippen molar-refractivity contribution >= 4 is 21.8 Å². The molecule has 0 aliphatic carbocycles. The second kappa shape index (κ2) is 7.02. The van der Waals surface area contributed by atoms with Crippen LogP contribution in [-0.2, 0) is 6.42 Å². The number of nitrogens with zero attached hydrogens (tertiary/aromatic N) is 4. The molecule has 3 N–H and O–H groups in total. The van der Waals surface area contributed by atoms with E-state index in [1.54, 1.807) is 0 Å². The zero-order chi connectivity index (χ0) is 11.8. The molecule has 1 heterocycles. The van der Waals surface area contributed by atoms with Crippen molar-refractivity contribution in [3.8, 4) is 0 Å². The molecule has 0 aromatic carbocycles. The number of rotatable bonds is 4. The van der Waals surface area contributed by atoms with Gasteiger partial charge in [-0.05, 0) is 28.1 Å². The van der Waals surface area contributed by atoms with Gasteiger partial charge in [0, 0.05) is 5.69 Å². The molecule has 0 atom stereocenters. The van der Waals surface area contributed by atoms with Crippen LogP contribution in [0.4, 0.5) is 0 Å². The van der Waals surface area contributed by atoms with E-state index in [9.17, 15) is 0 Å². The summed E-state index contributed by atoms with van der Waals surface area (Å²) in [4.78, 5) is 4.22. The average Bonchev–Trinajstić information content (AvgIpc) is 2.28. The molecule has 0 saturated heterocycles. The van der Waals surface area contributed by atoms with E-state index in [1.807, 2.05) is 18.2 Å². The van der Waals surface area contributed by atoms with E-state index in [2.05, 4.69) is 36.2 Å². The molecule has 0 saturated carbocycles. The van der Waals surface area contributed by atoms with Crippen molar-refractivity contribution in [2.75, 3.05) is 13.2 Å². The lowest BCUT2D eigenvalue weighted by molar-refractivity contribution is 0.305. The predicted octanol–water partition coefficient (Wildman–Crippen LogP) is 1.10. The number of hydrazone groups is 1. The molecule has 0 fully saturated rings. The third-order valence-corrected chi connectivity index (χ3v) is 2.09. The summed E-state index contributed by atoms with van der Waals surface area (Å²) in [6.45, 7) is 0.196. The number of aliphatic hydroxyl groups is 1. The second-order valence-electron chi connectivity index (χ2n) is 2.86. The molecule has 0 bridgehead atoms. The van der Waals surface area contributed by atoms with Gasteiger partial charge in [-0.2, -0.15) is 10.2 Å². The highest BCUT2D eigenvalue weighted by molar-refractivity contribution is 9.10. The number of halogens is 1. The number of pyridine rings is 1. The molecule has 0 amide bonds. The van der Waals surface area contributed by atoms with Gasteiger partial charge in [0.2, 0.25) is 0 Å². The summed E-state index contributed by atoms with van der Waals surface area (Å²) >= 11 is 3.27. The Morgan fingerprint density at radius 2 is 2.31 bits per heavy atom. The molecule has 16 heavy (non-hydrogen) atoms. The molecule has 1 aromatic heterocycles. The van der Waals surface area contributed by atoms with E-state index in [0.29, 0.717) is 12.3 Å². The fourth-order valence-electron chi connectivity index (χ4n) is 0.994. The lowest BCUT2D eigenvalue weighted by Gasteiger charge is -1.99. The van der Waals surface area contributed by atoms with E-state index < -0.39 is 0 Å². The number of azo groups is 1. The molecule has 0 unspecified atom stereocenters. The maximum absolute atomic E-state index is 8.53. The number of nitrogens with two attached hydrogens (primary N) is 1. The summed E-state index contributed by atoms with van der Waals surface area (Å²) in [6, 6.07) is 5.54. The maximum Gasteiger partial charge on any atom is 0.175 e. The van der Waals surface area contributed by atoms with Gasteiger partial charge >= 0.3 is 0 Å². The van der Waals surface area contributed by atoms with Crippen LogP contribution < -0.4 is 5.84 Å². The van der Waals surface area contributed by atoms with E-state index in [0.717, 1.165) is 10.3 Å². The number of hydrogen-bond acceptors (Lipinski definition) is 5. The zero-order valence-electron chi connectivity index (χ0n) is 8.54. The lowest BCUT2D eigenvalue weighted by atomic mass is 10.2. The third-order valence-electron chi connectivity index (χ3n) is 1.65. The summed E-state index contributed by atoms with van der Waals surface area (Å²) in [6.07, 6.45) is 0.408. The SMILES string of the molecule is N/N=C(/Cc1cccc(Br)n1)N=NCCO. The Hall–Kier alpha value is -1.34. The number of amidine groups is 1. The van der Waals surface area contributed by atoms with Crippen LogP contribution in [0.1, 0.15) is 5.69 Å².